The van der Waals surface area contributed by atoms with Crippen molar-refractivity contribution in [3.05, 3.63) is 35.9 Å². The van der Waals surface area contributed by atoms with Gasteiger partial charge in [-0.3, -0.25) is 43.2 Å². The summed E-state index contributed by atoms with van der Waals surface area (Å²) in [4.78, 5) is 126. The minimum atomic E-state index is -1.24. The minimum Gasteiger partial charge on any atom is -0.393 e. The Morgan fingerprint density at radius 2 is 1.14 bits per heavy atom. The number of benzene rings is 1. The van der Waals surface area contributed by atoms with E-state index < -0.39 is 120 Å². The van der Waals surface area contributed by atoms with Gasteiger partial charge in [0.25, 0.3) is 0 Å². The first-order valence-electron chi connectivity index (χ1n) is 25.9. The summed E-state index contributed by atoms with van der Waals surface area (Å²) in [6.07, 6.45) is 1.08. The van der Waals surface area contributed by atoms with Crippen molar-refractivity contribution in [1.82, 2.24) is 37.2 Å². The van der Waals surface area contributed by atoms with Gasteiger partial charge in [0, 0.05) is 31.2 Å². The lowest BCUT2D eigenvalue weighted by molar-refractivity contribution is -0.136. The summed E-state index contributed by atoms with van der Waals surface area (Å²) in [5.41, 5.74) is 24.4. The first-order chi connectivity index (χ1) is 34.3. The van der Waals surface area contributed by atoms with E-state index in [1.165, 1.54) is 0 Å². The second-order valence-electron chi connectivity index (χ2n) is 19.9. The zero-order chi connectivity index (χ0) is 53.8. The molecule has 0 bridgehead atoms. The number of carbonyl (C=O) groups is 9. The minimum absolute atomic E-state index is 0.00338. The highest BCUT2D eigenvalue weighted by molar-refractivity contribution is 5.98. The van der Waals surface area contributed by atoms with Crippen molar-refractivity contribution in [2.45, 2.75) is 173 Å². The molecule has 7 amide bonds. The maximum Gasteiger partial charge on any atom is 0.243 e. The van der Waals surface area contributed by atoms with Crippen molar-refractivity contribution in [1.29, 1.82) is 0 Å². The number of hydrogen-bond acceptors (Lipinski definition) is 14. The Labute approximate surface area is 425 Å². The summed E-state index contributed by atoms with van der Waals surface area (Å²) < 4.78 is 0. The predicted molar refractivity (Wildman–Crippen MR) is 274 cm³/mol. The number of nitrogens with one attached hydrogen (secondary N) is 7. The summed E-state index contributed by atoms with van der Waals surface area (Å²) in [5, 5.41) is 29.6. The van der Waals surface area contributed by atoms with Crippen molar-refractivity contribution in [3.63, 3.8) is 0 Å². The molecular formula is C51H87N11O10. The number of nitrogens with two attached hydrogens (primary N) is 4. The van der Waals surface area contributed by atoms with Gasteiger partial charge in [0.1, 0.15) is 24.2 Å². The highest BCUT2D eigenvalue weighted by Gasteiger charge is 2.36. The van der Waals surface area contributed by atoms with Crippen LogP contribution >= 0.6 is 0 Å². The maximum absolute atomic E-state index is 14.4. The van der Waals surface area contributed by atoms with Crippen molar-refractivity contribution < 1.29 is 48.3 Å². The Morgan fingerprint density at radius 1 is 0.639 bits per heavy atom. The second kappa shape index (κ2) is 34.1. The van der Waals surface area contributed by atoms with Gasteiger partial charge < -0.3 is 65.3 Å². The molecule has 2 rings (SSSR count). The van der Waals surface area contributed by atoms with E-state index in [4.69, 9.17) is 22.9 Å². The summed E-state index contributed by atoms with van der Waals surface area (Å²) in [6.45, 7) is 9.10. The van der Waals surface area contributed by atoms with Crippen molar-refractivity contribution in [2.75, 3.05) is 32.7 Å². The fourth-order valence-corrected chi connectivity index (χ4v) is 8.58. The van der Waals surface area contributed by atoms with Crippen molar-refractivity contribution >= 4 is 52.9 Å². The molecule has 72 heavy (non-hydrogen) atoms. The van der Waals surface area contributed by atoms with Crippen LogP contribution in [0.3, 0.4) is 0 Å². The van der Waals surface area contributed by atoms with Crippen molar-refractivity contribution in [2.24, 2.45) is 46.6 Å². The van der Waals surface area contributed by atoms with E-state index in [0.29, 0.717) is 12.0 Å². The predicted octanol–water partition coefficient (Wildman–Crippen LogP) is -0.373. The fraction of sp³-hybridized carbons (Fsp3) is 0.706. The third-order valence-corrected chi connectivity index (χ3v) is 12.5. The van der Waals surface area contributed by atoms with Gasteiger partial charge in [-0.1, -0.05) is 84.2 Å². The number of hydrogen-bond donors (Lipinski definition) is 12. The molecule has 1 fully saturated rings. The average Bonchev–Trinajstić information content (AvgIpc) is 3.31. The van der Waals surface area contributed by atoms with Crippen LogP contribution in [0.2, 0.25) is 0 Å². The molecule has 1 aromatic carbocycles. The molecule has 406 valence electrons. The molecule has 1 aromatic rings. The molecule has 16 N–H and O–H groups in total. The highest BCUT2D eigenvalue weighted by atomic mass is 16.3. The van der Waals surface area contributed by atoms with Gasteiger partial charge in [0.2, 0.25) is 41.4 Å². The molecule has 1 aliphatic heterocycles. The number of aliphatic hydroxyl groups excluding tert-OH is 1. The molecule has 9 atom stereocenters. The second-order valence-corrected chi connectivity index (χ2v) is 19.9. The largest absolute Gasteiger partial charge is 0.393 e. The van der Waals surface area contributed by atoms with E-state index in [1.807, 2.05) is 34.6 Å². The SMILES string of the molecule is CCCCC[C@@H](O)CC(=O)N[C@H](CCN)C(=O)C[C@H]1CCNC(=O)[C@H](CC(C)C)NC(=O)[C@H](CCN)NC(=O)[C@H](CCN)NC(=O)[C@@H](CC(C)C)NC(=O)[C@H](Cc2ccccc2)CC(=O)[C@H](CCN)NC1=O. The number of aliphatic hydroxyl groups is 1. The number of ketones is 2. The molecule has 0 aromatic heterocycles. The molecular weight excluding hydrogens is 927 g/mol. The van der Waals surface area contributed by atoms with Crippen LogP contribution in [0.25, 0.3) is 0 Å². The molecule has 0 radical (unpaired) electrons. The third kappa shape index (κ3) is 23.5. The molecule has 0 aliphatic carbocycles. The van der Waals surface area contributed by atoms with Gasteiger partial charge in [-0.25, -0.2) is 0 Å². The first-order valence-corrected chi connectivity index (χ1v) is 25.9. The van der Waals surface area contributed by atoms with Gasteiger partial charge in [-0.05, 0) is 101 Å². The Morgan fingerprint density at radius 3 is 1.68 bits per heavy atom. The Balaban J connectivity index is 2.71. The topological polar surface area (TPSA) is 362 Å². The average molecular weight is 1010 g/mol. The van der Waals surface area contributed by atoms with Gasteiger partial charge >= 0.3 is 0 Å². The normalized spacial score (nSPS) is 23.5. The Hall–Kier alpha value is -5.35. The van der Waals surface area contributed by atoms with Crippen LogP contribution < -0.4 is 60.2 Å². The number of Topliss-reactive ketones (excluding diaryl/α,β-unsaturated/α-hetero) is 2. The lowest BCUT2D eigenvalue weighted by Gasteiger charge is -2.28. The molecule has 1 heterocycles. The van der Waals surface area contributed by atoms with Crippen LogP contribution in [-0.4, -0.2) is 133 Å². The Kier molecular flexibility index (Phi) is 29.8. The molecule has 0 saturated carbocycles. The third-order valence-electron chi connectivity index (χ3n) is 12.5. The summed E-state index contributed by atoms with van der Waals surface area (Å²) in [5.74, 6) is -8.31. The molecule has 1 aliphatic rings. The zero-order valence-electron chi connectivity index (χ0n) is 43.3. The monoisotopic (exact) mass is 1010 g/mol. The number of amides is 7. The summed E-state index contributed by atoms with van der Waals surface area (Å²) in [6, 6.07) is 1.80. The van der Waals surface area contributed by atoms with Crippen LogP contribution in [0.15, 0.2) is 30.3 Å². The van der Waals surface area contributed by atoms with E-state index in [1.54, 1.807) is 30.3 Å². The van der Waals surface area contributed by atoms with Crippen LogP contribution in [0, 0.1) is 23.7 Å². The van der Waals surface area contributed by atoms with Crippen LogP contribution in [0.4, 0.5) is 0 Å². The lowest BCUT2D eigenvalue weighted by atomic mass is 9.89. The molecule has 0 spiro atoms. The van der Waals surface area contributed by atoms with E-state index in [-0.39, 0.29) is 102 Å². The van der Waals surface area contributed by atoms with E-state index in [0.717, 1.165) is 19.3 Å². The number of carbonyl (C=O) groups excluding carboxylic acids is 9. The molecule has 1 saturated heterocycles. The first kappa shape index (κ1) is 62.8. The zero-order valence-corrected chi connectivity index (χ0v) is 43.3. The van der Waals surface area contributed by atoms with Gasteiger partial charge in [-0.2, -0.15) is 0 Å². The smallest absolute Gasteiger partial charge is 0.243 e. The van der Waals surface area contributed by atoms with E-state index in [2.05, 4.69) is 37.2 Å². The molecule has 0 unspecified atom stereocenters. The van der Waals surface area contributed by atoms with Gasteiger partial charge in [0.15, 0.2) is 11.6 Å². The quantitative estimate of drug-likeness (QED) is 0.0588. The number of unbranched alkanes of at least 4 members (excludes halogenated alkanes) is 2. The van der Waals surface area contributed by atoms with Crippen LogP contribution in [0.5, 0.6) is 0 Å². The summed E-state index contributed by atoms with van der Waals surface area (Å²) >= 11 is 0. The maximum atomic E-state index is 14.4. The van der Waals surface area contributed by atoms with Crippen LogP contribution in [-0.2, 0) is 49.6 Å². The van der Waals surface area contributed by atoms with E-state index >= 15 is 0 Å². The summed E-state index contributed by atoms with van der Waals surface area (Å²) in [7, 11) is 0. The standard InChI is InChI=1S/C51H87N11O10/c1-6-7-9-14-36(63)30-45(66)57-37(15-20-52)43(64)28-34-19-24-56-48(69)41(25-31(2)3)62-50(71)40(18-23-55)59-49(70)39(17-22-54)60-51(72)42(26-32(4)5)61-47(68)35(27-33-12-10-8-11-13-33)29-44(65)38(16-21-53)58-46(34)67/h8,10-13,31-32,34-42,63H,6-7,9,14-30,52-55H2,1-5H3,(H,56,69)(H,57,66)(H,58,67)(H,59,70)(H,60,72)(H,61,68)(H,62,71)/t34-,35-,36-,37-,38+,39+,40+,41+,42-/m1/s1. The molecule has 21 nitrogen and oxygen atoms in total. The van der Waals surface area contributed by atoms with Gasteiger partial charge in [0.05, 0.1) is 24.6 Å². The van der Waals surface area contributed by atoms with Crippen LogP contribution in [0.1, 0.15) is 130 Å². The number of rotatable bonds is 24. The highest BCUT2D eigenvalue weighted by Crippen LogP contribution is 2.19. The Bertz CT molecular complexity index is 1890. The fourth-order valence-electron chi connectivity index (χ4n) is 8.58. The van der Waals surface area contributed by atoms with E-state index in [9.17, 15) is 48.3 Å². The van der Waals surface area contributed by atoms with Crippen molar-refractivity contribution in [3.8, 4) is 0 Å². The van der Waals surface area contributed by atoms with Gasteiger partial charge in [-0.15, -0.1) is 0 Å². The lowest BCUT2D eigenvalue weighted by Crippen LogP contribution is -2.59. The molecule has 21 heteroatoms.